The summed E-state index contributed by atoms with van der Waals surface area (Å²) in [4.78, 5) is 29.2. The second-order valence-corrected chi connectivity index (χ2v) is 6.96. The van der Waals surface area contributed by atoms with Crippen LogP contribution in [-0.4, -0.2) is 62.0 Å². The van der Waals surface area contributed by atoms with E-state index in [0.29, 0.717) is 48.8 Å². The average molecular weight is 433 g/mol. The Balaban J connectivity index is 1.72. The lowest BCUT2D eigenvalue weighted by Crippen LogP contribution is -2.50. The molecule has 0 N–H and O–H groups in total. The second kappa shape index (κ2) is 8.43. The van der Waals surface area contributed by atoms with E-state index in [0.717, 1.165) is 4.47 Å². The number of amides is 2. The summed E-state index contributed by atoms with van der Waals surface area (Å²) >= 11 is 3.42. The second-order valence-electron chi connectivity index (χ2n) is 6.10. The first-order valence-electron chi connectivity index (χ1n) is 8.61. The number of ether oxygens (including phenoxy) is 2. The van der Waals surface area contributed by atoms with Gasteiger partial charge in [-0.1, -0.05) is 18.2 Å². The molecule has 0 aromatic heterocycles. The predicted octanol–water partition coefficient (Wildman–Crippen LogP) is 3.06. The Morgan fingerprint density at radius 1 is 0.815 bits per heavy atom. The van der Waals surface area contributed by atoms with E-state index in [1.165, 1.54) is 14.2 Å². The number of rotatable bonds is 4. The fourth-order valence-electron chi connectivity index (χ4n) is 3.14. The highest BCUT2D eigenvalue weighted by atomic mass is 79.9. The van der Waals surface area contributed by atoms with Crippen molar-refractivity contribution in [1.82, 2.24) is 9.80 Å². The standard InChI is InChI=1S/C20H21BrN2O4/c1-26-16-8-5-9-17(27-2)18(16)20(25)23-12-10-22(11-13-23)19(24)14-6-3-4-7-15(14)21/h3-9H,10-13H2,1-2H3. The van der Waals surface area contributed by atoms with Gasteiger partial charge in [-0.3, -0.25) is 9.59 Å². The lowest BCUT2D eigenvalue weighted by atomic mass is 10.1. The summed E-state index contributed by atoms with van der Waals surface area (Å²) in [7, 11) is 3.06. The summed E-state index contributed by atoms with van der Waals surface area (Å²) in [6.45, 7) is 1.86. The van der Waals surface area contributed by atoms with E-state index >= 15 is 0 Å². The van der Waals surface area contributed by atoms with Gasteiger partial charge in [0.25, 0.3) is 11.8 Å². The van der Waals surface area contributed by atoms with E-state index in [2.05, 4.69) is 15.9 Å². The number of benzene rings is 2. The monoisotopic (exact) mass is 432 g/mol. The summed E-state index contributed by atoms with van der Waals surface area (Å²) in [5.74, 6) is 0.763. The van der Waals surface area contributed by atoms with Crippen LogP contribution in [0.5, 0.6) is 11.5 Å². The van der Waals surface area contributed by atoms with Crippen molar-refractivity contribution in [1.29, 1.82) is 0 Å². The molecule has 0 saturated carbocycles. The number of hydrogen-bond acceptors (Lipinski definition) is 4. The first-order valence-corrected chi connectivity index (χ1v) is 9.40. The van der Waals surface area contributed by atoms with Gasteiger partial charge in [0.15, 0.2) is 0 Å². The van der Waals surface area contributed by atoms with Gasteiger partial charge in [0.05, 0.1) is 19.8 Å². The Morgan fingerprint density at radius 2 is 1.33 bits per heavy atom. The van der Waals surface area contributed by atoms with Gasteiger partial charge in [0, 0.05) is 30.7 Å². The van der Waals surface area contributed by atoms with Crippen molar-refractivity contribution in [3.8, 4) is 11.5 Å². The molecule has 0 bridgehead atoms. The van der Waals surface area contributed by atoms with Crippen molar-refractivity contribution < 1.29 is 19.1 Å². The molecular weight excluding hydrogens is 412 g/mol. The van der Waals surface area contributed by atoms with Crippen molar-refractivity contribution in [3.63, 3.8) is 0 Å². The first kappa shape index (κ1) is 19.2. The lowest BCUT2D eigenvalue weighted by molar-refractivity contribution is 0.0531. The molecular formula is C20H21BrN2O4. The van der Waals surface area contributed by atoms with Crippen LogP contribution in [0.15, 0.2) is 46.9 Å². The molecule has 2 aromatic carbocycles. The van der Waals surface area contributed by atoms with Crippen LogP contribution in [-0.2, 0) is 0 Å². The molecule has 1 aliphatic rings. The highest BCUT2D eigenvalue weighted by molar-refractivity contribution is 9.10. The van der Waals surface area contributed by atoms with Crippen LogP contribution in [0.25, 0.3) is 0 Å². The van der Waals surface area contributed by atoms with Crippen LogP contribution < -0.4 is 9.47 Å². The van der Waals surface area contributed by atoms with Gasteiger partial charge in [-0.15, -0.1) is 0 Å². The third-order valence-electron chi connectivity index (χ3n) is 4.60. The van der Waals surface area contributed by atoms with Crippen molar-refractivity contribution in [2.24, 2.45) is 0 Å². The molecule has 6 nitrogen and oxygen atoms in total. The number of halogens is 1. The number of piperazine rings is 1. The molecule has 0 unspecified atom stereocenters. The van der Waals surface area contributed by atoms with Gasteiger partial charge in [-0.2, -0.15) is 0 Å². The molecule has 142 valence electrons. The van der Waals surface area contributed by atoms with E-state index in [1.54, 1.807) is 34.1 Å². The van der Waals surface area contributed by atoms with Crippen LogP contribution in [0.1, 0.15) is 20.7 Å². The van der Waals surface area contributed by atoms with Crippen molar-refractivity contribution in [2.45, 2.75) is 0 Å². The van der Waals surface area contributed by atoms with Crippen LogP contribution in [0.2, 0.25) is 0 Å². The van der Waals surface area contributed by atoms with E-state index in [1.807, 2.05) is 18.2 Å². The molecule has 7 heteroatoms. The maximum absolute atomic E-state index is 13.0. The summed E-state index contributed by atoms with van der Waals surface area (Å²) in [6, 6.07) is 12.6. The molecule has 27 heavy (non-hydrogen) atoms. The molecule has 0 spiro atoms. The number of nitrogens with zero attached hydrogens (tertiary/aromatic N) is 2. The summed E-state index contributed by atoms with van der Waals surface area (Å²) in [5, 5.41) is 0. The minimum atomic E-state index is -0.155. The Hall–Kier alpha value is -2.54. The molecule has 1 heterocycles. The van der Waals surface area contributed by atoms with Crippen LogP contribution in [0.3, 0.4) is 0 Å². The quantitative estimate of drug-likeness (QED) is 0.744. The first-order chi connectivity index (χ1) is 13.1. The Kier molecular flexibility index (Phi) is 6.01. The van der Waals surface area contributed by atoms with Crippen molar-refractivity contribution >= 4 is 27.7 Å². The molecule has 1 aliphatic heterocycles. The van der Waals surface area contributed by atoms with Crippen LogP contribution >= 0.6 is 15.9 Å². The maximum Gasteiger partial charge on any atom is 0.261 e. The number of hydrogen-bond donors (Lipinski definition) is 0. The minimum Gasteiger partial charge on any atom is -0.496 e. The summed E-state index contributed by atoms with van der Waals surface area (Å²) in [5.41, 5.74) is 1.04. The molecule has 1 saturated heterocycles. The number of methoxy groups -OCH3 is 2. The zero-order valence-corrected chi connectivity index (χ0v) is 16.9. The van der Waals surface area contributed by atoms with E-state index < -0.39 is 0 Å². The van der Waals surface area contributed by atoms with Gasteiger partial charge in [-0.05, 0) is 40.2 Å². The van der Waals surface area contributed by atoms with E-state index in [9.17, 15) is 9.59 Å². The molecule has 0 aliphatic carbocycles. The van der Waals surface area contributed by atoms with E-state index in [-0.39, 0.29) is 11.8 Å². The number of carbonyl (C=O) groups is 2. The van der Waals surface area contributed by atoms with Gasteiger partial charge in [0.1, 0.15) is 17.1 Å². The van der Waals surface area contributed by atoms with Gasteiger partial charge in [-0.25, -0.2) is 0 Å². The minimum absolute atomic E-state index is 0.0375. The topological polar surface area (TPSA) is 59.1 Å². The Morgan fingerprint density at radius 3 is 1.85 bits per heavy atom. The Bertz CT molecular complexity index is 825. The summed E-state index contributed by atoms with van der Waals surface area (Å²) in [6.07, 6.45) is 0. The van der Waals surface area contributed by atoms with Crippen molar-refractivity contribution in [3.05, 3.63) is 58.1 Å². The maximum atomic E-state index is 13.0. The smallest absolute Gasteiger partial charge is 0.261 e. The molecule has 1 fully saturated rings. The number of carbonyl (C=O) groups excluding carboxylic acids is 2. The third-order valence-corrected chi connectivity index (χ3v) is 5.29. The Labute approximate surface area is 166 Å². The van der Waals surface area contributed by atoms with Gasteiger partial charge >= 0.3 is 0 Å². The molecule has 2 amide bonds. The predicted molar refractivity (Wildman–Crippen MR) is 105 cm³/mol. The molecule has 2 aromatic rings. The SMILES string of the molecule is COc1cccc(OC)c1C(=O)N1CCN(C(=O)c2ccccc2Br)CC1. The van der Waals surface area contributed by atoms with Crippen molar-refractivity contribution in [2.75, 3.05) is 40.4 Å². The molecule has 0 radical (unpaired) electrons. The zero-order chi connectivity index (χ0) is 19.4. The lowest BCUT2D eigenvalue weighted by Gasteiger charge is -2.35. The normalized spacial score (nSPS) is 14.0. The largest absolute Gasteiger partial charge is 0.496 e. The molecule has 3 rings (SSSR count). The fourth-order valence-corrected chi connectivity index (χ4v) is 3.59. The highest BCUT2D eigenvalue weighted by Crippen LogP contribution is 2.30. The highest BCUT2D eigenvalue weighted by Gasteiger charge is 2.29. The van der Waals surface area contributed by atoms with E-state index in [4.69, 9.17) is 9.47 Å². The third kappa shape index (κ3) is 3.93. The van der Waals surface area contributed by atoms with Crippen LogP contribution in [0, 0.1) is 0 Å². The summed E-state index contributed by atoms with van der Waals surface area (Å²) < 4.78 is 11.4. The van der Waals surface area contributed by atoms with Gasteiger partial charge < -0.3 is 19.3 Å². The fraction of sp³-hybridized carbons (Fsp3) is 0.300. The van der Waals surface area contributed by atoms with Gasteiger partial charge in [0.2, 0.25) is 0 Å². The molecule has 0 atom stereocenters. The average Bonchev–Trinajstić information content (AvgIpc) is 2.72. The zero-order valence-electron chi connectivity index (χ0n) is 15.3. The van der Waals surface area contributed by atoms with Crippen LogP contribution in [0.4, 0.5) is 0 Å².